The van der Waals surface area contributed by atoms with Gasteiger partial charge in [0.15, 0.2) is 0 Å². The fourth-order valence-corrected chi connectivity index (χ4v) is 1.72. The second-order valence-electron chi connectivity index (χ2n) is 4.17. The standard InChI is InChI=1S/C12H18N4/c1-16(2)9-5-6-10-11(8-9)15-12(14-10)4-3-7-13/h5-6,8H,3-4,7,13H2,1-2H3,(H,14,15). The van der Waals surface area contributed by atoms with Crippen molar-refractivity contribution in [1.29, 1.82) is 0 Å². The first-order chi connectivity index (χ1) is 7.70. The number of aryl methyl sites for hydroxylation is 1. The number of rotatable bonds is 4. The first-order valence-electron chi connectivity index (χ1n) is 5.57. The fourth-order valence-electron chi connectivity index (χ4n) is 1.72. The quantitative estimate of drug-likeness (QED) is 0.818. The highest BCUT2D eigenvalue weighted by Gasteiger charge is 2.04. The van der Waals surface area contributed by atoms with Gasteiger partial charge in [0.05, 0.1) is 11.0 Å². The molecule has 0 amide bonds. The molecule has 0 unspecified atom stereocenters. The smallest absolute Gasteiger partial charge is 0.107 e. The van der Waals surface area contributed by atoms with Crippen LogP contribution in [0.5, 0.6) is 0 Å². The molecule has 2 rings (SSSR count). The zero-order chi connectivity index (χ0) is 11.5. The fraction of sp³-hybridized carbons (Fsp3) is 0.417. The highest BCUT2D eigenvalue weighted by molar-refractivity contribution is 5.79. The van der Waals surface area contributed by atoms with Crippen LogP contribution in [0.4, 0.5) is 5.69 Å². The Balaban J connectivity index is 2.30. The molecule has 0 aliphatic carbocycles. The molecule has 0 spiro atoms. The van der Waals surface area contributed by atoms with Crippen LogP contribution >= 0.6 is 0 Å². The van der Waals surface area contributed by atoms with Gasteiger partial charge in [-0.05, 0) is 31.2 Å². The SMILES string of the molecule is CN(C)c1ccc2nc(CCCN)[nH]c2c1. The van der Waals surface area contributed by atoms with Gasteiger partial charge in [-0.2, -0.15) is 0 Å². The van der Waals surface area contributed by atoms with Gasteiger partial charge >= 0.3 is 0 Å². The molecular weight excluding hydrogens is 200 g/mol. The molecule has 0 bridgehead atoms. The van der Waals surface area contributed by atoms with Crippen LogP contribution in [-0.2, 0) is 6.42 Å². The van der Waals surface area contributed by atoms with Crippen molar-refractivity contribution in [2.75, 3.05) is 25.5 Å². The number of benzene rings is 1. The van der Waals surface area contributed by atoms with Crippen LogP contribution in [-0.4, -0.2) is 30.6 Å². The van der Waals surface area contributed by atoms with E-state index in [1.54, 1.807) is 0 Å². The summed E-state index contributed by atoms with van der Waals surface area (Å²) in [6.07, 6.45) is 1.89. The summed E-state index contributed by atoms with van der Waals surface area (Å²) in [7, 11) is 4.07. The third-order valence-electron chi connectivity index (χ3n) is 2.65. The van der Waals surface area contributed by atoms with Crippen molar-refractivity contribution in [2.45, 2.75) is 12.8 Å². The Morgan fingerprint density at radius 2 is 2.19 bits per heavy atom. The van der Waals surface area contributed by atoms with Crippen molar-refractivity contribution in [1.82, 2.24) is 9.97 Å². The minimum absolute atomic E-state index is 0.708. The first kappa shape index (κ1) is 11.0. The van der Waals surface area contributed by atoms with E-state index in [4.69, 9.17) is 5.73 Å². The summed E-state index contributed by atoms with van der Waals surface area (Å²) >= 11 is 0. The number of hydrogen-bond donors (Lipinski definition) is 2. The predicted molar refractivity (Wildman–Crippen MR) is 67.8 cm³/mol. The number of fused-ring (bicyclic) bond motifs is 1. The molecule has 1 aromatic heterocycles. The molecular formula is C12H18N4. The normalized spacial score (nSPS) is 10.9. The number of imidazole rings is 1. The van der Waals surface area contributed by atoms with Gasteiger partial charge in [0.1, 0.15) is 5.82 Å². The molecule has 1 heterocycles. The number of aromatic amines is 1. The van der Waals surface area contributed by atoms with Crippen LogP contribution in [0.25, 0.3) is 11.0 Å². The maximum atomic E-state index is 5.49. The van der Waals surface area contributed by atoms with E-state index in [0.29, 0.717) is 6.54 Å². The zero-order valence-corrected chi connectivity index (χ0v) is 9.83. The molecule has 0 aliphatic rings. The number of hydrogen-bond acceptors (Lipinski definition) is 3. The van der Waals surface area contributed by atoms with Crippen LogP contribution in [0.3, 0.4) is 0 Å². The number of nitrogens with two attached hydrogens (primary N) is 1. The van der Waals surface area contributed by atoms with E-state index in [1.165, 1.54) is 5.69 Å². The molecule has 0 fully saturated rings. The lowest BCUT2D eigenvalue weighted by atomic mass is 10.2. The van der Waals surface area contributed by atoms with E-state index >= 15 is 0 Å². The van der Waals surface area contributed by atoms with E-state index in [0.717, 1.165) is 29.7 Å². The van der Waals surface area contributed by atoms with Gasteiger partial charge in [-0.15, -0.1) is 0 Å². The van der Waals surface area contributed by atoms with Crippen LogP contribution < -0.4 is 10.6 Å². The van der Waals surface area contributed by atoms with Gasteiger partial charge in [0.25, 0.3) is 0 Å². The third kappa shape index (κ3) is 2.17. The maximum absolute atomic E-state index is 5.49. The summed E-state index contributed by atoms with van der Waals surface area (Å²) < 4.78 is 0. The lowest BCUT2D eigenvalue weighted by Crippen LogP contribution is -2.07. The average Bonchev–Trinajstić information content (AvgIpc) is 2.67. The maximum Gasteiger partial charge on any atom is 0.107 e. The highest BCUT2D eigenvalue weighted by Crippen LogP contribution is 2.19. The van der Waals surface area contributed by atoms with Gasteiger partial charge < -0.3 is 15.6 Å². The molecule has 0 radical (unpaired) electrons. The second kappa shape index (κ2) is 4.53. The molecule has 1 aromatic carbocycles. The first-order valence-corrected chi connectivity index (χ1v) is 5.57. The lowest BCUT2D eigenvalue weighted by molar-refractivity contribution is 0.796. The average molecular weight is 218 g/mol. The van der Waals surface area contributed by atoms with Crippen LogP contribution in [0, 0.1) is 0 Å². The minimum Gasteiger partial charge on any atom is -0.378 e. The number of nitrogens with one attached hydrogen (secondary N) is 1. The molecule has 86 valence electrons. The van der Waals surface area contributed by atoms with Crippen LogP contribution in [0.15, 0.2) is 18.2 Å². The number of nitrogens with zero attached hydrogens (tertiary/aromatic N) is 2. The van der Waals surface area contributed by atoms with E-state index < -0.39 is 0 Å². The van der Waals surface area contributed by atoms with Crippen molar-refractivity contribution in [3.8, 4) is 0 Å². The molecule has 0 saturated carbocycles. The molecule has 16 heavy (non-hydrogen) atoms. The summed E-state index contributed by atoms with van der Waals surface area (Å²) in [6, 6.07) is 6.25. The van der Waals surface area contributed by atoms with Gasteiger partial charge in [0.2, 0.25) is 0 Å². The Morgan fingerprint density at radius 3 is 2.88 bits per heavy atom. The highest BCUT2D eigenvalue weighted by atomic mass is 15.1. The molecule has 4 heteroatoms. The van der Waals surface area contributed by atoms with E-state index in [-0.39, 0.29) is 0 Å². The molecule has 0 aliphatic heterocycles. The van der Waals surface area contributed by atoms with Crippen molar-refractivity contribution < 1.29 is 0 Å². The molecule has 3 N–H and O–H groups in total. The summed E-state index contributed by atoms with van der Waals surface area (Å²) in [4.78, 5) is 9.94. The van der Waals surface area contributed by atoms with E-state index in [9.17, 15) is 0 Å². The van der Waals surface area contributed by atoms with Crippen molar-refractivity contribution in [3.63, 3.8) is 0 Å². The number of aromatic nitrogens is 2. The van der Waals surface area contributed by atoms with Gasteiger partial charge in [0, 0.05) is 26.2 Å². The lowest BCUT2D eigenvalue weighted by Gasteiger charge is -2.11. The Morgan fingerprint density at radius 1 is 1.38 bits per heavy atom. The van der Waals surface area contributed by atoms with E-state index in [2.05, 4.69) is 27.0 Å². The van der Waals surface area contributed by atoms with Crippen molar-refractivity contribution in [2.24, 2.45) is 5.73 Å². The Hall–Kier alpha value is -1.55. The topological polar surface area (TPSA) is 57.9 Å². The zero-order valence-electron chi connectivity index (χ0n) is 9.83. The Labute approximate surface area is 95.5 Å². The molecule has 4 nitrogen and oxygen atoms in total. The third-order valence-corrected chi connectivity index (χ3v) is 2.65. The van der Waals surface area contributed by atoms with E-state index in [1.807, 2.05) is 20.2 Å². The number of anilines is 1. The second-order valence-corrected chi connectivity index (χ2v) is 4.17. The Kier molecular flexibility index (Phi) is 3.10. The Bertz CT molecular complexity index is 473. The summed E-state index contributed by atoms with van der Waals surface area (Å²) in [6.45, 7) is 0.708. The minimum atomic E-state index is 0.708. The number of H-pyrrole nitrogens is 1. The molecule has 2 aromatic rings. The van der Waals surface area contributed by atoms with Gasteiger partial charge in [-0.3, -0.25) is 0 Å². The largest absolute Gasteiger partial charge is 0.378 e. The van der Waals surface area contributed by atoms with Gasteiger partial charge in [-0.1, -0.05) is 0 Å². The molecule has 0 atom stereocenters. The van der Waals surface area contributed by atoms with Crippen molar-refractivity contribution in [3.05, 3.63) is 24.0 Å². The molecule has 0 saturated heterocycles. The monoisotopic (exact) mass is 218 g/mol. The predicted octanol–water partition coefficient (Wildman–Crippen LogP) is 1.52. The summed E-state index contributed by atoms with van der Waals surface area (Å²) in [5.41, 5.74) is 8.79. The van der Waals surface area contributed by atoms with Crippen LogP contribution in [0.1, 0.15) is 12.2 Å². The summed E-state index contributed by atoms with van der Waals surface area (Å²) in [5.74, 6) is 1.02. The van der Waals surface area contributed by atoms with Crippen molar-refractivity contribution >= 4 is 16.7 Å². The summed E-state index contributed by atoms with van der Waals surface area (Å²) in [5, 5.41) is 0. The van der Waals surface area contributed by atoms with Gasteiger partial charge in [-0.25, -0.2) is 4.98 Å². The van der Waals surface area contributed by atoms with Crippen LogP contribution in [0.2, 0.25) is 0 Å².